The first-order valence-corrected chi connectivity index (χ1v) is 14.6. The lowest BCUT2D eigenvalue weighted by atomic mass is 10.1. The second-order valence-electron chi connectivity index (χ2n) is 8.36. The third-order valence-corrected chi connectivity index (χ3v) is 11.8. The number of carbonyl (C=O) groups is 1. The molecule has 0 amide bonds. The van der Waals surface area contributed by atoms with Gasteiger partial charge in [-0.3, -0.25) is 4.79 Å². The molecule has 1 aromatic rings. The topological polar surface area (TPSA) is 59.7 Å². The van der Waals surface area contributed by atoms with Gasteiger partial charge in [0.05, 0.1) is 11.6 Å². The molecule has 1 atom stereocenters. The summed E-state index contributed by atoms with van der Waals surface area (Å²) in [4.78, 5) is 11.9. The van der Waals surface area contributed by atoms with Crippen LogP contribution in [-0.4, -0.2) is 25.8 Å². The summed E-state index contributed by atoms with van der Waals surface area (Å²) in [6, 6.07) is 5.39. The van der Waals surface area contributed by atoms with Gasteiger partial charge in [-0.25, -0.2) is 0 Å². The van der Waals surface area contributed by atoms with E-state index in [-0.39, 0.29) is 12.6 Å². The van der Waals surface area contributed by atoms with Gasteiger partial charge in [0.2, 0.25) is 0 Å². The van der Waals surface area contributed by atoms with E-state index >= 15 is 0 Å². The normalized spacial score (nSPS) is 12.9. The number of carbonyl (C=O) groups excluding carboxylic acids is 1. The smallest absolute Gasteiger partial charge is 0.305 e. The molecule has 1 unspecified atom stereocenters. The Morgan fingerprint density at radius 1 is 0.966 bits per heavy atom. The minimum atomic E-state index is -1.59. The molecule has 0 aromatic carbocycles. The predicted octanol–water partition coefficient (Wildman–Crippen LogP) is 6.49. The first kappa shape index (κ1) is 26.0. The van der Waals surface area contributed by atoms with E-state index in [1.165, 1.54) is 44.9 Å². The van der Waals surface area contributed by atoms with E-state index in [1.807, 2.05) is 6.07 Å². The second kappa shape index (κ2) is 14.8. The first-order valence-electron chi connectivity index (χ1n) is 12.0. The summed E-state index contributed by atoms with van der Waals surface area (Å²) in [6.07, 6.45) is 12.3. The predicted molar refractivity (Wildman–Crippen MR) is 123 cm³/mol. The number of hydrogen-bond donors (Lipinski definition) is 1. The quantitative estimate of drug-likeness (QED) is 0.176. The lowest BCUT2D eigenvalue weighted by Crippen LogP contribution is -2.44. The molecule has 0 radical (unpaired) electrons. The highest BCUT2D eigenvalue weighted by atomic mass is 28.3. The van der Waals surface area contributed by atoms with E-state index in [2.05, 4.69) is 27.7 Å². The Morgan fingerprint density at radius 2 is 1.52 bits per heavy atom. The fourth-order valence-corrected chi connectivity index (χ4v) is 7.32. The van der Waals surface area contributed by atoms with Crippen molar-refractivity contribution in [1.29, 1.82) is 0 Å². The zero-order valence-electron chi connectivity index (χ0n) is 19.3. The standard InChI is InChI=1S/C24H44O4Si/c1-5-9-10-11-12-13-14-15-16-17-23(26)27-20-22(25)21-18-24(28-19-21)29(6-2,7-3)8-4/h18-19,22,25H,5-17,20H2,1-4H3. The van der Waals surface area contributed by atoms with Crippen molar-refractivity contribution < 1.29 is 19.1 Å². The molecule has 168 valence electrons. The maximum Gasteiger partial charge on any atom is 0.305 e. The number of rotatable bonds is 17. The summed E-state index contributed by atoms with van der Waals surface area (Å²) in [5, 5.41) is 11.4. The molecule has 0 spiro atoms. The van der Waals surface area contributed by atoms with E-state index in [0.29, 0.717) is 6.42 Å². The number of esters is 1. The molecule has 1 N–H and O–H groups in total. The molecule has 29 heavy (non-hydrogen) atoms. The van der Waals surface area contributed by atoms with Crippen molar-refractivity contribution in [2.24, 2.45) is 0 Å². The van der Waals surface area contributed by atoms with Crippen LogP contribution in [0.4, 0.5) is 0 Å². The minimum absolute atomic E-state index is 0.00810. The van der Waals surface area contributed by atoms with Crippen LogP contribution in [0.25, 0.3) is 0 Å². The molecule has 1 aromatic heterocycles. The van der Waals surface area contributed by atoms with Crippen LogP contribution in [0.5, 0.6) is 0 Å². The van der Waals surface area contributed by atoms with Crippen LogP contribution in [0.1, 0.15) is 104 Å². The molecule has 0 fully saturated rings. The van der Waals surface area contributed by atoms with Crippen LogP contribution < -0.4 is 5.38 Å². The molecule has 0 saturated heterocycles. The number of unbranched alkanes of at least 4 members (excludes halogenated alkanes) is 8. The lowest BCUT2D eigenvalue weighted by Gasteiger charge is -2.24. The molecule has 5 heteroatoms. The Bertz CT molecular complexity index is 543. The molecule has 1 heterocycles. The summed E-state index contributed by atoms with van der Waals surface area (Å²) in [5.41, 5.74) is 0.725. The second-order valence-corrected chi connectivity index (χ2v) is 13.5. The Morgan fingerprint density at radius 3 is 2.07 bits per heavy atom. The van der Waals surface area contributed by atoms with Crippen molar-refractivity contribution in [2.45, 2.75) is 116 Å². The number of furan rings is 1. The van der Waals surface area contributed by atoms with Gasteiger partial charge < -0.3 is 14.3 Å². The van der Waals surface area contributed by atoms with E-state index < -0.39 is 14.2 Å². The Balaban J connectivity index is 2.24. The van der Waals surface area contributed by atoms with Crippen molar-refractivity contribution in [3.05, 3.63) is 17.9 Å². The zero-order valence-corrected chi connectivity index (χ0v) is 20.3. The van der Waals surface area contributed by atoms with Gasteiger partial charge in [0.1, 0.15) is 20.8 Å². The summed E-state index contributed by atoms with van der Waals surface area (Å²) in [6.45, 7) is 8.93. The number of aliphatic hydroxyl groups excluding tert-OH is 1. The van der Waals surface area contributed by atoms with E-state index in [9.17, 15) is 9.90 Å². The van der Waals surface area contributed by atoms with Gasteiger partial charge in [0.15, 0.2) is 0 Å². The summed E-state index contributed by atoms with van der Waals surface area (Å²) >= 11 is 0. The van der Waals surface area contributed by atoms with Gasteiger partial charge in [-0.15, -0.1) is 0 Å². The number of hydrogen-bond acceptors (Lipinski definition) is 4. The first-order chi connectivity index (χ1) is 14.0. The van der Waals surface area contributed by atoms with Crippen molar-refractivity contribution >= 4 is 19.4 Å². The monoisotopic (exact) mass is 424 g/mol. The Labute approximate surface area is 179 Å². The highest BCUT2D eigenvalue weighted by Gasteiger charge is 2.33. The van der Waals surface area contributed by atoms with Gasteiger partial charge in [-0.05, 0) is 12.5 Å². The molecule has 0 aliphatic heterocycles. The van der Waals surface area contributed by atoms with Crippen LogP contribution in [0.15, 0.2) is 16.7 Å². The molecule has 4 nitrogen and oxygen atoms in total. The van der Waals surface area contributed by atoms with Crippen LogP contribution in [-0.2, 0) is 9.53 Å². The summed E-state index contributed by atoms with van der Waals surface area (Å²) in [7, 11) is -1.59. The van der Waals surface area contributed by atoms with Crippen molar-refractivity contribution in [1.82, 2.24) is 0 Å². The number of ether oxygens (including phenoxy) is 1. The highest BCUT2D eigenvalue weighted by molar-refractivity contribution is 6.90. The van der Waals surface area contributed by atoms with Gasteiger partial charge in [-0.1, -0.05) is 97.2 Å². The molecule has 0 aliphatic carbocycles. The van der Waals surface area contributed by atoms with Gasteiger partial charge in [0, 0.05) is 12.0 Å². The fourth-order valence-electron chi connectivity index (χ4n) is 4.00. The molecule has 0 saturated carbocycles. The molecule has 0 aliphatic rings. The molecule has 0 bridgehead atoms. The van der Waals surface area contributed by atoms with Gasteiger partial charge >= 0.3 is 5.97 Å². The van der Waals surface area contributed by atoms with E-state index in [1.54, 1.807) is 6.26 Å². The average Bonchev–Trinajstić information content (AvgIpc) is 3.23. The maximum atomic E-state index is 11.9. The Kier molecular flexibility index (Phi) is 13.3. The maximum absolute atomic E-state index is 11.9. The van der Waals surface area contributed by atoms with Gasteiger partial charge in [-0.2, -0.15) is 0 Å². The largest absolute Gasteiger partial charge is 0.474 e. The van der Waals surface area contributed by atoms with Crippen LogP contribution in [0.3, 0.4) is 0 Å². The van der Waals surface area contributed by atoms with Crippen LogP contribution in [0, 0.1) is 0 Å². The van der Waals surface area contributed by atoms with Gasteiger partial charge in [0.25, 0.3) is 0 Å². The van der Waals surface area contributed by atoms with Crippen molar-refractivity contribution in [3.8, 4) is 0 Å². The summed E-state index contributed by atoms with van der Waals surface area (Å²) in [5.74, 6) is -0.213. The third-order valence-electron chi connectivity index (χ3n) is 6.44. The lowest BCUT2D eigenvalue weighted by molar-refractivity contribution is -0.146. The zero-order chi connectivity index (χ0) is 21.5. The highest BCUT2D eigenvalue weighted by Crippen LogP contribution is 2.23. The average molecular weight is 425 g/mol. The number of aliphatic hydroxyl groups is 1. The van der Waals surface area contributed by atoms with E-state index in [0.717, 1.165) is 41.9 Å². The third kappa shape index (κ3) is 9.08. The van der Waals surface area contributed by atoms with Crippen LogP contribution >= 0.6 is 0 Å². The van der Waals surface area contributed by atoms with Crippen molar-refractivity contribution in [2.75, 3.05) is 6.61 Å². The minimum Gasteiger partial charge on any atom is -0.474 e. The SMILES string of the molecule is CCCCCCCCCCCC(=O)OCC(O)c1coc([Si](CC)(CC)CC)c1. The van der Waals surface area contributed by atoms with Crippen LogP contribution in [0.2, 0.25) is 18.1 Å². The molecular formula is C24H44O4Si. The Hall–Kier alpha value is -1.07. The van der Waals surface area contributed by atoms with E-state index in [4.69, 9.17) is 9.15 Å². The fraction of sp³-hybridized carbons (Fsp3) is 0.792. The van der Waals surface area contributed by atoms with Crippen molar-refractivity contribution in [3.63, 3.8) is 0 Å². The summed E-state index contributed by atoms with van der Waals surface area (Å²) < 4.78 is 11.1. The molecule has 1 rings (SSSR count). The molecular weight excluding hydrogens is 380 g/mol.